The van der Waals surface area contributed by atoms with E-state index in [1.54, 1.807) is 11.6 Å². The van der Waals surface area contributed by atoms with Crippen molar-refractivity contribution in [3.8, 4) is 5.69 Å². The van der Waals surface area contributed by atoms with E-state index in [4.69, 9.17) is 52.1 Å². The van der Waals surface area contributed by atoms with E-state index in [2.05, 4.69) is 20.6 Å². The fraction of sp³-hybridized carbons (Fsp3) is 0.111. The molecule has 7 nitrogen and oxygen atoms in total. The number of nitrogens with one attached hydrogen (secondary N) is 1. The minimum atomic E-state index is -0.712. The molecule has 0 bridgehead atoms. The van der Waals surface area contributed by atoms with E-state index in [0.29, 0.717) is 16.4 Å². The predicted molar refractivity (Wildman–Crippen MR) is 117 cm³/mol. The third-order valence-corrected chi connectivity index (χ3v) is 5.47. The lowest BCUT2D eigenvalue weighted by Gasteiger charge is -2.07. The van der Waals surface area contributed by atoms with Crippen molar-refractivity contribution in [3.05, 3.63) is 67.1 Å². The summed E-state index contributed by atoms with van der Waals surface area (Å²) in [6, 6.07) is 7.71. The number of pyridine rings is 1. The van der Waals surface area contributed by atoms with E-state index in [1.165, 1.54) is 6.21 Å². The monoisotopic (exact) mass is 470 g/mol. The number of aromatic nitrogens is 3. The van der Waals surface area contributed by atoms with E-state index in [-0.39, 0.29) is 26.6 Å². The molecule has 0 unspecified atom stereocenters. The SMILES string of the molecule is Cc1ccc(-n2nc(C)c(/C=N/NC(=O)c3nc(Cl)c(Cl)c(N)c3Cl)c2Cl)cc1. The molecule has 1 amide bonds. The molecule has 0 saturated heterocycles. The van der Waals surface area contributed by atoms with Crippen molar-refractivity contribution in [1.29, 1.82) is 0 Å². The third kappa shape index (κ3) is 4.33. The smallest absolute Gasteiger partial charge is 0.291 e. The zero-order valence-corrected chi connectivity index (χ0v) is 18.2. The number of anilines is 1. The number of nitrogens with two attached hydrogens (primary N) is 1. The number of amides is 1. The van der Waals surface area contributed by atoms with Gasteiger partial charge in [-0.25, -0.2) is 15.1 Å². The molecule has 3 rings (SSSR count). The first-order valence-corrected chi connectivity index (χ1v) is 9.67. The number of benzene rings is 1. The molecule has 0 atom stereocenters. The number of hydrazone groups is 1. The summed E-state index contributed by atoms with van der Waals surface area (Å²) in [5, 5.41) is 8.38. The second-order valence-electron chi connectivity index (χ2n) is 6.03. The number of aryl methyl sites for hydroxylation is 2. The maximum atomic E-state index is 12.3. The second kappa shape index (κ2) is 8.59. The summed E-state index contributed by atoms with van der Waals surface area (Å²) in [6.07, 6.45) is 1.38. The van der Waals surface area contributed by atoms with Crippen LogP contribution in [-0.2, 0) is 0 Å². The Kier molecular flexibility index (Phi) is 6.33. The Bertz CT molecular complexity index is 1120. The average Bonchev–Trinajstić information content (AvgIpc) is 2.97. The van der Waals surface area contributed by atoms with Gasteiger partial charge in [0.05, 0.1) is 33.9 Å². The van der Waals surface area contributed by atoms with Gasteiger partial charge in [-0.15, -0.1) is 0 Å². The molecule has 0 aliphatic rings. The number of hydrogen-bond acceptors (Lipinski definition) is 5. The summed E-state index contributed by atoms with van der Waals surface area (Å²) in [4.78, 5) is 16.2. The van der Waals surface area contributed by atoms with Gasteiger partial charge in [-0.2, -0.15) is 10.2 Å². The van der Waals surface area contributed by atoms with Crippen molar-refractivity contribution in [2.45, 2.75) is 13.8 Å². The number of hydrogen-bond donors (Lipinski definition) is 2. The van der Waals surface area contributed by atoms with Gasteiger partial charge in [-0.1, -0.05) is 64.1 Å². The first-order chi connectivity index (χ1) is 13.7. The summed E-state index contributed by atoms with van der Waals surface area (Å²) in [6.45, 7) is 3.76. The molecule has 3 aromatic rings. The van der Waals surface area contributed by atoms with Crippen LogP contribution in [0.3, 0.4) is 0 Å². The number of carbonyl (C=O) groups is 1. The van der Waals surface area contributed by atoms with Gasteiger partial charge in [-0.05, 0) is 26.0 Å². The van der Waals surface area contributed by atoms with Crippen LogP contribution in [0.2, 0.25) is 20.4 Å². The van der Waals surface area contributed by atoms with Crippen molar-refractivity contribution in [1.82, 2.24) is 20.2 Å². The van der Waals surface area contributed by atoms with Crippen molar-refractivity contribution in [2.24, 2.45) is 5.10 Å². The van der Waals surface area contributed by atoms with Crippen LogP contribution in [0.4, 0.5) is 5.69 Å². The number of halogens is 4. The number of rotatable bonds is 4. The molecule has 150 valence electrons. The van der Waals surface area contributed by atoms with Crippen molar-refractivity contribution < 1.29 is 4.79 Å². The summed E-state index contributed by atoms with van der Waals surface area (Å²) in [5.41, 5.74) is 10.9. The standard InChI is InChI=1S/C18H14Cl4N6O/c1-8-3-5-10(6-4-8)28-17(22)11(9(2)27-28)7-24-26-18(29)15-12(19)14(23)13(20)16(21)25-15/h3-7H,1-2H3,(H2,23,25)(H,26,29)/b24-7+. The zero-order valence-electron chi connectivity index (χ0n) is 15.2. The Morgan fingerprint density at radius 2 is 1.79 bits per heavy atom. The lowest BCUT2D eigenvalue weighted by molar-refractivity contribution is 0.0950. The number of nitrogens with zero attached hydrogens (tertiary/aromatic N) is 4. The van der Waals surface area contributed by atoms with Crippen molar-refractivity contribution in [3.63, 3.8) is 0 Å². The molecule has 0 saturated carbocycles. The predicted octanol–water partition coefficient (Wildman–Crippen LogP) is 4.84. The summed E-state index contributed by atoms with van der Waals surface area (Å²) < 4.78 is 1.58. The summed E-state index contributed by atoms with van der Waals surface area (Å²) in [5.74, 6) is -0.712. The van der Waals surface area contributed by atoms with E-state index in [9.17, 15) is 4.79 Å². The lowest BCUT2D eigenvalue weighted by atomic mass is 10.2. The minimum absolute atomic E-state index is 0.0253. The van der Waals surface area contributed by atoms with Crippen LogP contribution in [0.1, 0.15) is 27.3 Å². The van der Waals surface area contributed by atoms with Crippen LogP contribution < -0.4 is 11.2 Å². The van der Waals surface area contributed by atoms with Gasteiger partial charge in [0.15, 0.2) is 10.8 Å². The Hall–Kier alpha value is -2.32. The van der Waals surface area contributed by atoms with Crippen LogP contribution in [0.5, 0.6) is 0 Å². The molecule has 1 aromatic carbocycles. The van der Waals surface area contributed by atoms with Gasteiger partial charge in [0.25, 0.3) is 5.91 Å². The normalized spacial score (nSPS) is 11.2. The zero-order chi connectivity index (χ0) is 21.3. The van der Waals surface area contributed by atoms with E-state index in [0.717, 1.165) is 11.3 Å². The molecular formula is C18H14Cl4N6O. The molecule has 0 aliphatic carbocycles. The minimum Gasteiger partial charge on any atom is -0.396 e. The highest BCUT2D eigenvalue weighted by Gasteiger charge is 2.19. The molecular weight excluding hydrogens is 458 g/mol. The molecule has 11 heteroatoms. The van der Waals surface area contributed by atoms with Crippen molar-refractivity contribution >= 4 is 64.2 Å². The number of nitrogen functional groups attached to an aromatic ring is 1. The molecule has 0 aliphatic heterocycles. The van der Waals surface area contributed by atoms with Gasteiger partial charge in [0.2, 0.25) is 0 Å². The van der Waals surface area contributed by atoms with Crippen LogP contribution in [-0.4, -0.2) is 26.9 Å². The first-order valence-electron chi connectivity index (χ1n) is 8.16. The Balaban J connectivity index is 1.83. The largest absolute Gasteiger partial charge is 0.396 e. The van der Waals surface area contributed by atoms with E-state index in [1.807, 2.05) is 31.2 Å². The maximum Gasteiger partial charge on any atom is 0.291 e. The highest BCUT2D eigenvalue weighted by Crippen LogP contribution is 2.34. The highest BCUT2D eigenvalue weighted by atomic mass is 35.5. The van der Waals surface area contributed by atoms with Gasteiger partial charge in [0.1, 0.15) is 10.2 Å². The van der Waals surface area contributed by atoms with Crippen LogP contribution in [0.25, 0.3) is 5.69 Å². The van der Waals surface area contributed by atoms with Crippen LogP contribution >= 0.6 is 46.4 Å². The van der Waals surface area contributed by atoms with Gasteiger partial charge in [-0.3, -0.25) is 4.79 Å². The van der Waals surface area contributed by atoms with E-state index >= 15 is 0 Å². The van der Waals surface area contributed by atoms with Gasteiger partial charge >= 0.3 is 0 Å². The molecule has 2 aromatic heterocycles. The number of carbonyl (C=O) groups excluding carboxylic acids is 1. The maximum absolute atomic E-state index is 12.3. The Morgan fingerprint density at radius 3 is 2.45 bits per heavy atom. The van der Waals surface area contributed by atoms with Crippen LogP contribution in [0.15, 0.2) is 29.4 Å². The second-order valence-corrected chi connectivity index (χ2v) is 7.50. The first kappa shape index (κ1) is 21.4. The fourth-order valence-corrected chi connectivity index (χ4v) is 3.32. The Labute approximate surface area is 186 Å². The molecule has 0 fully saturated rings. The summed E-state index contributed by atoms with van der Waals surface area (Å²) >= 11 is 24.2. The van der Waals surface area contributed by atoms with Crippen LogP contribution in [0, 0.1) is 13.8 Å². The summed E-state index contributed by atoms with van der Waals surface area (Å²) in [7, 11) is 0. The topological polar surface area (TPSA) is 98.2 Å². The van der Waals surface area contributed by atoms with Gasteiger partial charge < -0.3 is 5.73 Å². The highest BCUT2D eigenvalue weighted by molar-refractivity contribution is 6.46. The lowest BCUT2D eigenvalue weighted by Crippen LogP contribution is -2.20. The van der Waals surface area contributed by atoms with E-state index < -0.39 is 5.91 Å². The molecule has 3 N–H and O–H groups in total. The molecule has 2 heterocycles. The third-order valence-electron chi connectivity index (χ3n) is 3.97. The quantitative estimate of drug-likeness (QED) is 0.323. The van der Waals surface area contributed by atoms with Gasteiger partial charge in [0, 0.05) is 0 Å². The molecule has 0 spiro atoms. The Morgan fingerprint density at radius 1 is 1.14 bits per heavy atom. The van der Waals surface area contributed by atoms with Crippen molar-refractivity contribution in [2.75, 3.05) is 5.73 Å². The fourth-order valence-electron chi connectivity index (χ4n) is 2.41. The molecule has 0 radical (unpaired) electrons. The molecule has 29 heavy (non-hydrogen) atoms. The average molecular weight is 472 g/mol.